The second-order valence-electron chi connectivity index (χ2n) is 3.23. The van der Waals surface area contributed by atoms with Gasteiger partial charge in [0.25, 0.3) is 5.92 Å². The van der Waals surface area contributed by atoms with E-state index < -0.39 is 5.92 Å². The first-order valence-corrected chi connectivity index (χ1v) is 3.35. The van der Waals surface area contributed by atoms with Crippen LogP contribution < -0.4 is 0 Å². The quantitative estimate of drug-likeness (QED) is 0.517. The molecule has 0 radical (unpaired) electrons. The average Bonchev–Trinajstić information content (AvgIpc) is 2.07. The molecule has 2 heteroatoms. The first kappa shape index (κ1) is 6.97. The van der Waals surface area contributed by atoms with Crippen molar-refractivity contribution in [2.24, 2.45) is 17.8 Å². The van der Waals surface area contributed by atoms with Crippen LogP contribution in [0.5, 0.6) is 0 Å². The molecule has 0 amide bonds. The molecule has 0 heterocycles. The maximum absolute atomic E-state index is 12.4. The maximum atomic E-state index is 12.4. The van der Waals surface area contributed by atoms with Gasteiger partial charge >= 0.3 is 0 Å². The zero-order valence-corrected chi connectivity index (χ0v) is 5.99. The Hall–Kier alpha value is -0.140. The Morgan fingerprint density at radius 2 is 1.67 bits per heavy atom. The fourth-order valence-electron chi connectivity index (χ4n) is 1.53. The summed E-state index contributed by atoms with van der Waals surface area (Å²) in [6.45, 7) is 5.31. The Morgan fingerprint density at radius 1 is 1.33 bits per heavy atom. The van der Waals surface area contributed by atoms with Crippen molar-refractivity contribution in [3.63, 3.8) is 0 Å². The Kier molecular flexibility index (Phi) is 1.30. The van der Waals surface area contributed by atoms with Crippen LogP contribution >= 0.6 is 0 Å². The number of alkyl halides is 2. The first-order chi connectivity index (χ1) is 3.98. The molecule has 0 bridgehead atoms. The van der Waals surface area contributed by atoms with Crippen molar-refractivity contribution in [1.82, 2.24) is 0 Å². The molecule has 1 rings (SSSR count). The summed E-state index contributed by atoms with van der Waals surface area (Å²) in [5, 5.41) is 0. The second-order valence-corrected chi connectivity index (χ2v) is 3.23. The van der Waals surface area contributed by atoms with Gasteiger partial charge < -0.3 is 0 Å². The molecule has 0 aromatic rings. The minimum Gasteiger partial charge on any atom is -0.206 e. The predicted molar refractivity (Wildman–Crippen MR) is 32.4 cm³/mol. The number of hydrogen-bond acceptors (Lipinski definition) is 0. The highest BCUT2D eigenvalue weighted by molar-refractivity contribution is 5.03. The van der Waals surface area contributed by atoms with Crippen molar-refractivity contribution in [1.29, 1.82) is 0 Å². The van der Waals surface area contributed by atoms with E-state index in [4.69, 9.17) is 0 Å². The van der Waals surface area contributed by atoms with Gasteiger partial charge in [-0.15, -0.1) is 0 Å². The van der Waals surface area contributed by atoms with Gasteiger partial charge in [-0.1, -0.05) is 20.8 Å². The molecule has 0 saturated heterocycles. The highest BCUT2D eigenvalue weighted by Crippen LogP contribution is 2.58. The lowest BCUT2D eigenvalue weighted by Gasteiger charge is -1.98. The fourth-order valence-corrected chi connectivity index (χ4v) is 1.53. The van der Waals surface area contributed by atoms with Crippen LogP contribution in [0, 0.1) is 17.8 Å². The van der Waals surface area contributed by atoms with Gasteiger partial charge in [0.15, 0.2) is 0 Å². The molecule has 2 atom stereocenters. The molecule has 54 valence electrons. The number of halogens is 2. The van der Waals surface area contributed by atoms with Gasteiger partial charge in [-0.05, 0) is 5.92 Å². The molecular formula is C7H12F2. The van der Waals surface area contributed by atoms with Crippen LogP contribution in [0.15, 0.2) is 0 Å². The summed E-state index contributed by atoms with van der Waals surface area (Å²) in [6, 6.07) is 0. The van der Waals surface area contributed by atoms with Crippen LogP contribution in [-0.4, -0.2) is 5.92 Å². The normalized spacial score (nSPS) is 39.3. The minimum atomic E-state index is -2.35. The lowest BCUT2D eigenvalue weighted by Crippen LogP contribution is -1.99. The topological polar surface area (TPSA) is 0 Å². The summed E-state index contributed by atoms with van der Waals surface area (Å²) in [6.07, 6.45) is 0. The summed E-state index contributed by atoms with van der Waals surface area (Å²) >= 11 is 0. The third-order valence-corrected chi connectivity index (χ3v) is 2.20. The van der Waals surface area contributed by atoms with E-state index in [0.717, 1.165) is 0 Å². The van der Waals surface area contributed by atoms with Gasteiger partial charge in [0.05, 0.1) is 0 Å². The summed E-state index contributed by atoms with van der Waals surface area (Å²) < 4.78 is 24.9. The smallest absolute Gasteiger partial charge is 0.206 e. The van der Waals surface area contributed by atoms with Gasteiger partial charge in [0.1, 0.15) is 0 Å². The molecule has 0 aromatic carbocycles. The van der Waals surface area contributed by atoms with E-state index in [2.05, 4.69) is 0 Å². The Labute approximate surface area is 54.3 Å². The van der Waals surface area contributed by atoms with Crippen LogP contribution in [0.2, 0.25) is 0 Å². The van der Waals surface area contributed by atoms with Crippen molar-refractivity contribution in [3.05, 3.63) is 0 Å². The third kappa shape index (κ3) is 0.846. The Bertz CT molecular complexity index is 118. The predicted octanol–water partition coefficient (Wildman–Crippen LogP) is 2.54. The Balaban J connectivity index is 2.52. The van der Waals surface area contributed by atoms with Gasteiger partial charge in [-0.2, -0.15) is 0 Å². The van der Waals surface area contributed by atoms with E-state index in [0.29, 0.717) is 0 Å². The molecule has 0 N–H and O–H groups in total. The zero-order valence-electron chi connectivity index (χ0n) is 5.99. The van der Waals surface area contributed by atoms with Crippen molar-refractivity contribution in [3.8, 4) is 0 Å². The summed E-state index contributed by atoms with van der Waals surface area (Å²) in [5.74, 6) is -2.95. The number of rotatable bonds is 1. The number of hydrogen-bond donors (Lipinski definition) is 0. The maximum Gasteiger partial charge on any atom is 0.254 e. The van der Waals surface area contributed by atoms with E-state index in [1.165, 1.54) is 0 Å². The molecule has 0 aromatic heterocycles. The first-order valence-electron chi connectivity index (χ1n) is 3.35. The van der Waals surface area contributed by atoms with Gasteiger partial charge in [-0.25, -0.2) is 8.78 Å². The third-order valence-electron chi connectivity index (χ3n) is 2.20. The minimum absolute atomic E-state index is 0.134. The lowest BCUT2D eigenvalue weighted by atomic mass is 10.1. The van der Waals surface area contributed by atoms with Crippen LogP contribution in [0.25, 0.3) is 0 Å². The highest BCUT2D eigenvalue weighted by Gasteiger charge is 2.65. The molecule has 9 heavy (non-hydrogen) atoms. The van der Waals surface area contributed by atoms with Crippen LogP contribution in [0.3, 0.4) is 0 Å². The van der Waals surface area contributed by atoms with Gasteiger partial charge in [0, 0.05) is 11.8 Å². The van der Waals surface area contributed by atoms with Crippen molar-refractivity contribution in [2.45, 2.75) is 26.7 Å². The van der Waals surface area contributed by atoms with E-state index in [1.807, 2.05) is 13.8 Å². The zero-order chi connectivity index (χ0) is 7.23. The molecule has 0 aliphatic heterocycles. The monoisotopic (exact) mass is 134 g/mol. The molecule has 0 spiro atoms. The molecule has 0 nitrogen and oxygen atoms in total. The van der Waals surface area contributed by atoms with Crippen molar-refractivity contribution >= 4 is 0 Å². The fraction of sp³-hybridized carbons (Fsp3) is 1.00. The molecule has 1 aliphatic carbocycles. The summed E-state index contributed by atoms with van der Waals surface area (Å²) in [4.78, 5) is 0. The van der Waals surface area contributed by atoms with Crippen LogP contribution in [0.1, 0.15) is 20.8 Å². The largest absolute Gasteiger partial charge is 0.254 e. The van der Waals surface area contributed by atoms with Gasteiger partial charge in [-0.3, -0.25) is 0 Å². The SMILES string of the molecule is CC(C)C1C(C)C1(F)F. The molecule has 2 unspecified atom stereocenters. The molecule has 1 saturated carbocycles. The highest BCUT2D eigenvalue weighted by atomic mass is 19.3. The van der Waals surface area contributed by atoms with Crippen molar-refractivity contribution in [2.75, 3.05) is 0 Å². The molecular weight excluding hydrogens is 122 g/mol. The van der Waals surface area contributed by atoms with E-state index in [-0.39, 0.29) is 17.8 Å². The van der Waals surface area contributed by atoms with Crippen molar-refractivity contribution < 1.29 is 8.78 Å². The average molecular weight is 134 g/mol. The molecule has 1 aliphatic rings. The van der Waals surface area contributed by atoms with Crippen LogP contribution in [-0.2, 0) is 0 Å². The van der Waals surface area contributed by atoms with E-state index in [9.17, 15) is 8.78 Å². The molecule has 1 fully saturated rings. The van der Waals surface area contributed by atoms with Crippen LogP contribution in [0.4, 0.5) is 8.78 Å². The second kappa shape index (κ2) is 1.68. The Morgan fingerprint density at radius 3 is 1.67 bits per heavy atom. The summed E-state index contributed by atoms with van der Waals surface area (Å²) in [5.41, 5.74) is 0. The summed E-state index contributed by atoms with van der Waals surface area (Å²) in [7, 11) is 0. The van der Waals surface area contributed by atoms with Gasteiger partial charge in [0.2, 0.25) is 0 Å². The lowest BCUT2D eigenvalue weighted by molar-refractivity contribution is 0.0788. The van der Waals surface area contributed by atoms with E-state index in [1.54, 1.807) is 6.92 Å². The standard InChI is InChI=1S/C7H12F2/c1-4(2)6-5(3)7(6,8)9/h4-6H,1-3H3. The van der Waals surface area contributed by atoms with E-state index >= 15 is 0 Å².